The maximum Gasteiger partial charge on any atom is 0.220 e. The lowest BCUT2D eigenvalue weighted by molar-refractivity contribution is -0.130. The molecule has 2 heterocycles. The largest absolute Gasteiger partial charge is 0.388 e. The quantitative estimate of drug-likeness (QED) is 0.742. The van der Waals surface area contributed by atoms with Crippen molar-refractivity contribution < 1.29 is 9.90 Å². The molecule has 0 spiro atoms. The number of carbonyl (C=O) groups excluding carboxylic acids is 1. The van der Waals surface area contributed by atoms with Gasteiger partial charge in [-0.25, -0.2) is 0 Å². The van der Waals surface area contributed by atoms with Crippen LogP contribution in [0.3, 0.4) is 0 Å². The molecule has 1 saturated carbocycles. The number of piperidine rings is 1. The van der Waals surface area contributed by atoms with E-state index in [-0.39, 0.29) is 23.4 Å². The highest BCUT2D eigenvalue weighted by atomic mass is 32.1. The Hall–Kier alpha value is -0.910. The first-order valence-electron chi connectivity index (χ1n) is 10.9. The van der Waals surface area contributed by atoms with Gasteiger partial charge in [-0.3, -0.25) is 9.69 Å². The number of nitrogens with zero attached hydrogens (tertiary/aromatic N) is 1. The van der Waals surface area contributed by atoms with E-state index in [9.17, 15) is 9.90 Å². The third-order valence-electron chi connectivity index (χ3n) is 6.34. The summed E-state index contributed by atoms with van der Waals surface area (Å²) < 4.78 is 0. The first-order chi connectivity index (χ1) is 13.2. The van der Waals surface area contributed by atoms with Crippen LogP contribution in [0.4, 0.5) is 0 Å². The lowest BCUT2D eigenvalue weighted by Crippen LogP contribution is -2.63. The zero-order valence-electron chi connectivity index (χ0n) is 18.0. The minimum Gasteiger partial charge on any atom is -0.388 e. The Kier molecular flexibility index (Phi) is 6.88. The molecule has 1 aliphatic carbocycles. The van der Waals surface area contributed by atoms with Crippen molar-refractivity contribution in [2.24, 2.45) is 11.3 Å². The van der Waals surface area contributed by atoms with Gasteiger partial charge in [0.25, 0.3) is 0 Å². The third kappa shape index (κ3) is 5.58. The van der Waals surface area contributed by atoms with Crippen molar-refractivity contribution >= 4 is 17.2 Å². The number of carbonyl (C=O) groups is 1. The van der Waals surface area contributed by atoms with Crippen LogP contribution < -0.4 is 5.32 Å². The monoisotopic (exact) mass is 406 g/mol. The maximum absolute atomic E-state index is 12.8. The molecule has 1 aromatic rings. The molecule has 1 aromatic heterocycles. The van der Waals surface area contributed by atoms with Crippen molar-refractivity contribution in [1.29, 1.82) is 0 Å². The lowest BCUT2D eigenvalue weighted by Gasteiger charge is -2.50. The minimum absolute atomic E-state index is 0.0406. The highest BCUT2D eigenvalue weighted by Gasteiger charge is 2.47. The van der Waals surface area contributed by atoms with Crippen LogP contribution in [0.5, 0.6) is 0 Å². The van der Waals surface area contributed by atoms with E-state index in [1.807, 2.05) is 6.92 Å². The van der Waals surface area contributed by atoms with E-state index in [0.717, 1.165) is 19.0 Å². The molecule has 1 aliphatic heterocycles. The second kappa shape index (κ2) is 8.85. The second-order valence-electron chi connectivity index (χ2n) is 10.3. The molecule has 3 unspecified atom stereocenters. The molecule has 2 fully saturated rings. The fraction of sp³-hybridized carbons (Fsp3) is 0.783. The van der Waals surface area contributed by atoms with Gasteiger partial charge in [0.1, 0.15) is 0 Å². The average molecular weight is 407 g/mol. The molecule has 0 radical (unpaired) electrons. The molecule has 0 bridgehead atoms. The van der Waals surface area contributed by atoms with Gasteiger partial charge in [0.05, 0.1) is 17.7 Å². The Morgan fingerprint density at radius 2 is 2.04 bits per heavy atom. The fourth-order valence-corrected chi connectivity index (χ4v) is 5.76. The summed E-state index contributed by atoms with van der Waals surface area (Å²) in [6.07, 6.45) is 7.83. The number of nitrogens with one attached hydrogen (secondary N) is 1. The van der Waals surface area contributed by atoms with Crippen molar-refractivity contribution in [1.82, 2.24) is 10.2 Å². The Morgan fingerprint density at radius 1 is 1.32 bits per heavy atom. The van der Waals surface area contributed by atoms with Crippen LogP contribution in [-0.2, 0) is 4.79 Å². The highest BCUT2D eigenvalue weighted by Crippen LogP contribution is 2.40. The van der Waals surface area contributed by atoms with E-state index < -0.39 is 5.60 Å². The summed E-state index contributed by atoms with van der Waals surface area (Å²) in [6.45, 7) is 10.1. The van der Waals surface area contributed by atoms with E-state index >= 15 is 0 Å². The molecule has 5 heteroatoms. The highest BCUT2D eigenvalue weighted by molar-refractivity contribution is 7.10. The van der Waals surface area contributed by atoms with Gasteiger partial charge in [0, 0.05) is 24.4 Å². The second-order valence-corrected chi connectivity index (χ2v) is 11.3. The molecule has 2 N–H and O–H groups in total. The molecule has 3 atom stereocenters. The van der Waals surface area contributed by atoms with Crippen LogP contribution in [0, 0.1) is 11.3 Å². The van der Waals surface area contributed by atoms with Gasteiger partial charge in [0.2, 0.25) is 5.91 Å². The van der Waals surface area contributed by atoms with Gasteiger partial charge in [-0.2, -0.15) is 0 Å². The smallest absolute Gasteiger partial charge is 0.220 e. The summed E-state index contributed by atoms with van der Waals surface area (Å²) in [4.78, 5) is 16.6. The van der Waals surface area contributed by atoms with Crippen LogP contribution in [-0.4, -0.2) is 40.6 Å². The molecule has 2 aliphatic rings. The van der Waals surface area contributed by atoms with Crippen molar-refractivity contribution in [3.8, 4) is 0 Å². The first-order valence-corrected chi connectivity index (χ1v) is 11.8. The number of amides is 1. The number of thiophene rings is 1. The van der Waals surface area contributed by atoms with Gasteiger partial charge in [-0.1, -0.05) is 46.1 Å². The van der Waals surface area contributed by atoms with Crippen molar-refractivity contribution in [3.05, 3.63) is 22.4 Å². The molecule has 4 nitrogen and oxygen atoms in total. The Balaban J connectivity index is 1.82. The van der Waals surface area contributed by atoms with Gasteiger partial charge in [0.15, 0.2) is 0 Å². The van der Waals surface area contributed by atoms with Crippen LogP contribution in [0.15, 0.2) is 17.5 Å². The van der Waals surface area contributed by atoms with E-state index in [1.54, 1.807) is 11.3 Å². The molecule has 0 aromatic carbocycles. The maximum atomic E-state index is 12.8. The lowest BCUT2D eigenvalue weighted by atomic mass is 9.80. The summed E-state index contributed by atoms with van der Waals surface area (Å²) in [7, 11) is 0. The Morgan fingerprint density at radius 3 is 2.64 bits per heavy atom. The minimum atomic E-state index is -0.898. The standard InChI is InChI=1S/C23H38N2O2S/c1-22(2,3)15-19(26)24-21-20(18-11-8-14-28-18)25(13-12-23(21,4)27)16-17-9-6-5-7-10-17/h8,11,14,17,20-21,27H,5-7,9-10,12-13,15-16H2,1-4H3,(H,24,26). The summed E-state index contributed by atoms with van der Waals surface area (Å²) >= 11 is 1.74. The van der Waals surface area contributed by atoms with Crippen LogP contribution in [0.25, 0.3) is 0 Å². The summed E-state index contributed by atoms with van der Waals surface area (Å²) in [6, 6.07) is 4.01. The number of likely N-dealkylation sites (tertiary alicyclic amines) is 1. The van der Waals surface area contributed by atoms with E-state index in [1.165, 1.54) is 37.0 Å². The van der Waals surface area contributed by atoms with Gasteiger partial charge >= 0.3 is 0 Å². The topological polar surface area (TPSA) is 52.6 Å². The predicted molar refractivity (Wildman–Crippen MR) is 116 cm³/mol. The van der Waals surface area contributed by atoms with E-state index in [4.69, 9.17) is 0 Å². The normalized spacial score (nSPS) is 30.3. The van der Waals surface area contributed by atoms with Gasteiger partial charge in [-0.15, -0.1) is 11.3 Å². The van der Waals surface area contributed by atoms with Gasteiger partial charge < -0.3 is 10.4 Å². The third-order valence-corrected chi connectivity index (χ3v) is 7.29. The van der Waals surface area contributed by atoms with Gasteiger partial charge in [-0.05, 0) is 49.0 Å². The van der Waals surface area contributed by atoms with Crippen LogP contribution in [0.1, 0.15) is 83.6 Å². The number of hydrogen-bond acceptors (Lipinski definition) is 4. The average Bonchev–Trinajstić information content (AvgIpc) is 3.11. The van der Waals surface area contributed by atoms with E-state index in [0.29, 0.717) is 12.8 Å². The molecular weight excluding hydrogens is 368 g/mol. The van der Waals surface area contributed by atoms with Crippen LogP contribution in [0.2, 0.25) is 0 Å². The predicted octanol–water partition coefficient (Wildman–Crippen LogP) is 4.75. The van der Waals surface area contributed by atoms with Crippen molar-refractivity contribution in [2.75, 3.05) is 13.1 Å². The fourth-order valence-electron chi connectivity index (χ4n) is 4.87. The summed E-state index contributed by atoms with van der Waals surface area (Å²) in [5, 5.41) is 16.6. The Bertz CT molecular complexity index is 630. The molecule has 1 saturated heterocycles. The number of hydrogen-bond donors (Lipinski definition) is 2. The summed E-state index contributed by atoms with van der Waals surface area (Å²) in [5.74, 6) is 0.782. The van der Waals surface area contributed by atoms with Crippen molar-refractivity contribution in [2.45, 2.75) is 90.3 Å². The summed E-state index contributed by atoms with van der Waals surface area (Å²) in [5.41, 5.74) is -0.962. The first kappa shape index (κ1) is 21.8. The molecule has 28 heavy (non-hydrogen) atoms. The number of rotatable bonds is 5. The molecule has 158 valence electrons. The van der Waals surface area contributed by atoms with Crippen LogP contribution >= 0.6 is 11.3 Å². The molecule has 1 amide bonds. The Labute approximate surface area is 174 Å². The zero-order chi connectivity index (χ0) is 20.4. The SMILES string of the molecule is CC(C)(C)CC(=O)NC1C(c2cccs2)N(CC2CCCCC2)CCC1(C)O. The number of aliphatic hydroxyl groups is 1. The molecular formula is C23H38N2O2S. The molecule has 3 rings (SSSR count). The van der Waals surface area contributed by atoms with Crippen molar-refractivity contribution in [3.63, 3.8) is 0 Å². The van der Waals surface area contributed by atoms with E-state index in [2.05, 4.69) is 48.5 Å². The zero-order valence-corrected chi connectivity index (χ0v) is 18.9.